The van der Waals surface area contributed by atoms with Crippen LogP contribution in [0.4, 0.5) is 0 Å². The first-order chi connectivity index (χ1) is 8.49. The van der Waals surface area contributed by atoms with E-state index in [1.165, 1.54) is 17.0 Å². The molecule has 0 saturated carbocycles. The second-order valence-corrected chi connectivity index (χ2v) is 6.26. The van der Waals surface area contributed by atoms with Crippen LogP contribution in [0, 0.1) is 0 Å². The molecule has 0 fully saturated rings. The van der Waals surface area contributed by atoms with Crippen LogP contribution in [0.15, 0.2) is 29.2 Å². The molecular formula is C12H20ClN2O2S+. The maximum atomic E-state index is 11.9. The van der Waals surface area contributed by atoms with E-state index < -0.39 is 10.0 Å². The van der Waals surface area contributed by atoms with Gasteiger partial charge < -0.3 is 4.90 Å². The summed E-state index contributed by atoms with van der Waals surface area (Å²) in [6.07, 6.45) is 0. The number of sulfonamides is 1. The van der Waals surface area contributed by atoms with Crippen LogP contribution in [0.25, 0.3) is 0 Å². The van der Waals surface area contributed by atoms with Gasteiger partial charge in [0, 0.05) is 5.02 Å². The molecule has 0 aliphatic carbocycles. The van der Waals surface area contributed by atoms with E-state index in [0.717, 1.165) is 19.6 Å². The third-order valence-electron chi connectivity index (χ3n) is 2.89. The Labute approximate surface area is 114 Å². The van der Waals surface area contributed by atoms with Crippen LogP contribution >= 0.6 is 11.6 Å². The van der Waals surface area contributed by atoms with Gasteiger partial charge in [0.05, 0.1) is 31.1 Å². The fourth-order valence-electron chi connectivity index (χ4n) is 1.66. The van der Waals surface area contributed by atoms with Gasteiger partial charge >= 0.3 is 0 Å². The molecule has 1 rings (SSSR count). The van der Waals surface area contributed by atoms with Crippen LogP contribution in [-0.2, 0) is 10.0 Å². The van der Waals surface area contributed by atoms with Crippen molar-refractivity contribution in [2.45, 2.75) is 18.7 Å². The van der Waals surface area contributed by atoms with Gasteiger partial charge in [0.1, 0.15) is 0 Å². The normalized spacial score (nSPS) is 12.0. The summed E-state index contributed by atoms with van der Waals surface area (Å²) in [6.45, 7) is 7.42. The fourth-order valence-corrected chi connectivity index (χ4v) is 2.82. The summed E-state index contributed by atoms with van der Waals surface area (Å²) >= 11 is 5.73. The molecule has 2 N–H and O–H groups in total. The van der Waals surface area contributed by atoms with Crippen molar-refractivity contribution in [1.29, 1.82) is 0 Å². The number of rotatable bonds is 7. The summed E-state index contributed by atoms with van der Waals surface area (Å²) < 4.78 is 26.5. The molecule has 1 aromatic rings. The lowest BCUT2D eigenvalue weighted by Gasteiger charge is -2.15. The number of nitrogens with one attached hydrogen (secondary N) is 2. The quantitative estimate of drug-likeness (QED) is 0.771. The number of halogens is 1. The Bertz CT molecular complexity index is 455. The molecule has 102 valence electrons. The predicted octanol–water partition coefficient (Wildman–Crippen LogP) is 0.543. The van der Waals surface area contributed by atoms with Crippen LogP contribution in [0.2, 0.25) is 5.02 Å². The Morgan fingerprint density at radius 1 is 1.17 bits per heavy atom. The van der Waals surface area contributed by atoms with Crippen LogP contribution in [-0.4, -0.2) is 34.6 Å². The minimum absolute atomic E-state index is 0.251. The summed E-state index contributed by atoms with van der Waals surface area (Å²) in [6, 6.07) is 6.17. The number of benzene rings is 1. The summed E-state index contributed by atoms with van der Waals surface area (Å²) in [7, 11) is -3.41. The Morgan fingerprint density at radius 3 is 2.22 bits per heavy atom. The van der Waals surface area contributed by atoms with E-state index in [0.29, 0.717) is 11.6 Å². The van der Waals surface area contributed by atoms with Gasteiger partial charge in [-0.05, 0) is 38.1 Å². The first kappa shape index (κ1) is 15.4. The smallest absolute Gasteiger partial charge is 0.240 e. The monoisotopic (exact) mass is 291 g/mol. The van der Waals surface area contributed by atoms with Crippen molar-refractivity contribution in [1.82, 2.24) is 4.72 Å². The molecule has 0 aromatic heterocycles. The van der Waals surface area contributed by atoms with Gasteiger partial charge in [-0.15, -0.1) is 0 Å². The van der Waals surface area contributed by atoms with Gasteiger partial charge in [0.15, 0.2) is 0 Å². The van der Waals surface area contributed by atoms with E-state index in [2.05, 4.69) is 18.6 Å². The third kappa shape index (κ3) is 4.57. The molecule has 18 heavy (non-hydrogen) atoms. The number of quaternary nitrogens is 1. The average molecular weight is 292 g/mol. The van der Waals surface area contributed by atoms with E-state index in [1.54, 1.807) is 12.1 Å². The molecule has 1 aromatic carbocycles. The SMILES string of the molecule is CC[NH+](CC)CCNS(=O)(=O)c1ccc(Cl)cc1. The van der Waals surface area contributed by atoms with Gasteiger partial charge in [0.25, 0.3) is 0 Å². The standard InChI is InChI=1S/C12H19ClN2O2S/c1-3-15(4-2)10-9-14-18(16,17)12-7-5-11(13)6-8-12/h5-8,14H,3-4,9-10H2,1-2H3/p+1. The molecule has 0 saturated heterocycles. The largest absolute Gasteiger partial charge is 0.334 e. The van der Waals surface area contributed by atoms with Crippen LogP contribution < -0.4 is 9.62 Å². The maximum absolute atomic E-state index is 11.9. The lowest BCUT2D eigenvalue weighted by atomic mass is 10.4. The zero-order chi connectivity index (χ0) is 13.6. The van der Waals surface area contributed by atoms with Crippen molar-refractivity contribution >= 4 is 21.6 Å². The zero-order valence-electron chi connectivity index (χ0n) is 10.7. The lowest BCUT2D eigenvalue weighted by Crippen LogP contribution is -3.12. The highest BCUT2D eigenvalue weighted by molar-refractivity contribution is 7.89. The molecule has 4 nitrogen and oxygen atoms in total. The zero-order valence-corrected chi connectivity index (χ0v) is 12.3. The fraction of sp³-hybridized carbons (Fsp3) is 0.500. The molecule has 0 atom stereocenters. The number of likely N-dealkylation sites (N-methyl/N-ethyl adjacent to an activating group) is 1. The number of hydrogen-bond acceptors (Lipinski definition) is 2. The Hall–Kier alpha value is -0.620. The highest BCUT2D eigenvalue weighted by atomic mass is 35.5. The first-order valence-electron chi connectivity index (χ1n) is 6.08. The van der Waals surface area contributed by atoms with Crippen molar-refractivity contribution in [3.63, 3.8) is 0 Å². The average Bonchev–Trinajstić information content (AvgIpc) is 2.35. The minimum atomic E-state index is -3.41. The predicted molar refractivity (Wildman–Crippen MR) is 73.6 cm³/mol. The van der Waals surface area contributed by atoms with E-state index in [-0.39, 0.29) is 4.90 Å². The molecule has 0 radical (unpaired) electrons. The molecule has 0 spiro atoms. The molecule has 0 heterocycles. The van der Waals surface area contributed by atoms with Gasteiger partial charge in [-0.2, -0.15) is 0 Å². The summed E-state index contributed by atoms with van der Waals surface area (Å²) in [5.41, 5.74) is 0. The van der Waals surface area contributed by atoms with E-state index in [9.17, 15) is 8.42 Å². The molecule has 0 bridgehead atoms. The van der Waals surface area contributed by atoms with Gasteiger partial charge in [-0.25, -0.2) is 13.1 Å². The van der Waals surface area contributed by atoms with Gasteiger partial charge in [-0.1, -0.05) is 11.6 Å². The van der Waals surface area contributed by atoms with E-state index in [4.69, 9.17) is 11.6 Å². The molecule has 0 amide bonds. The third-order valence-corrected chi connectivity index (χ3v) is 4.62. The Balaban J connectivity index is 2.57. The maximum Gasteiger partial charge on any atom is 0.240 e. The minimum Gasteiger partial charge on any atom is -0.334 e. The molecule has 6 heteroatoms. The van der Waals surface area contributed by atoms with Crippen molar-refractivity contribution in [2.24, 2.45) is 0 Å². The molecule has 0 aliphatic heterocycles. The first-order valence-corrected chi connectivity index (χ1v) is 7.94. The molecule has 0 unspecified atom stereocenters. The Morgan fingerprint density at radius 2 is 1.72 bits per heavy atom. The van der Waals surface area contributed by atoms with Crippen molar-refractivity contribution in [3.05, 3.63) is 29.3 Å². The summed E-state index contributed by atoms with van der Waals surface area (Å²) in [5, 5.41) is 0.529. The second kappa shape index (κ2) is 7.09. The van der Waals surface area contributed by atoms with Crippen LogP contribution in [0.5, 0.6) is 0 Å². The number of hydrogen-bond donors (Lipinski definition) is 2. The van der Waals surface area contributed by atoms with Crippen molar-refractivity contribution < 1.29 is 13.3 Å². The molecular weight excluding hydrogens is 272 g/mol. The van der Waals surface area contributed by atoms with E-state index in [1.807, 2.05) is 0 Å². The topological polar surface area (TPSA) is 50.6 Å². The highest BCUT2D eigenvalue weighted by Gasteiger charge is 2.14. The van der Waals surface area contributed by atoms with Gasteiger partial charge in [-0.3, -0.25) is 0 Å². The molecule has 0 aliphatic rings. The van der Waals surface area contributed by atoms with Crippen LogP contribution in [0.3, 0.4) is 0 Å². The summed E-state index contributed by atoms with van der Waals surface area (Å²) in [5.74, 6) is 0. The van der Waals surface area contributed by atoms with Crippen molar-refractivity contribution in [2.75, 3.05) is 26.2 Å². The van der Waals surface area contributed by atoms with Crippen LogP contribution in [0.1, 0.15) is 13.8 Å². The lowest BCUT2D eigenvalue weighted by molar-refractivity contribution is -0.895. The van der Waals surface area contributed by atoms with E-state index >= 15 is 0 Å². The second-order valence-electron chi connectivity index (χ2n) is 4.06. The van der Waals surface area contributed by atoms with Crippen molar-refractivity contribution in [3.8, 4) is 0 Å². The summed E-state index contributed by atoms with van der Waals surface area (Å²) in [4.78, 5) is 1.62. The van der Waals surface area contributed by atoms with Gasteiger partial charge in [0.2, 0.25) is 10.0 Å². The Kier molecular flexibility index (Phi) is 6.08. The highest BCUT2D eigenvalue weighted by Crippen LogP contribution is 2.13.